The number of carbonyl (C=O) groups excluding carboxylic acids is 1. The second-order valence-corrected chi connectivity index (χ2v) is 7.28. The van der Waals surface area contributed by atoms with Crippen LogP contribution < -0.4 is 10.6 Å². The maximum Gasteiger partial charge on any atom is 0.326 e. The maximum absolute atomic E-state index is 12.8. The summed E-state index contributed by atoms with van der Waals surface area (Å²) in [4.78, 5) is 32.2. The molecule has 1 aliphatic heterocycles. The Morgan fingerprint density at radius 1 is 1.07 bits per heavy atom. The summed E-state index contributed by atoms with van der Waals surface area (Å²) >= 11 is 0. The number of amides is 1. The molecule has 0 aliphatic carbocycles. The molecule has 1 N–H and O–H groups in total. The van der Waals surface area contributed by atoms with Crippen molar-refractivity contribution in [2.75, 3.05) is 31.1 Å². The Morgan fingerprint density at radius 3 is 2.46 bits per heavy atom. The molecule has 2 aromatic carbocycles. The lowest BCUT2D eigenvalue weighted by Crippen LogP contribution is -2.45. The number of H-pyrrole nitrogens is 1. The molecule has 0 atom stereocenters. The summed E-state index contributed by atoms with van der Waals surface area (Å²) in [6.45, 7) is 4.61. The molecule has 4 rings (SSSR count). The van der Waals surface area contributed by atoms with Crippen LogP contribution in [0.3, 0.4) is 0 Å². The molecule has 0 spiro atoms. The van der Waals surface area contributed by atoms with Gasteiger partial charge in [-0.3, -0.25) is 9.36 Å². The summed E-state index contributed by atoms with van der Waals surface area (Å²) in [5.41, 5.74) is 2.82. The Labute approximate surface area is 164 Å². The number of benzene rings is 2. The van der Waals surface area contributed by atoms with Gasteiger partial charge in [-0.15, -0.1) is 0 Å². The van der Waals surface area contributed by atoms with Gasteiger partial charge in [0.2, 0.25) is 5.91 Å². The van der Waals surface area contributed by atoms with Crippen molar-refractivity contribution < 1.29 is 4.79 Å². The van der Waals surface area contributed by atoms with Crippen molar-refractivity contribution in [1.82, 2.24) is 14.5 Å². The first-order valence-electron chi connectivity index (χ1n) is 9.94. The highest BCUT2D eigenvalue weighted by Gasteiger charge is 2.26. The fraction of sp³-hybridized carbons (Fsp3) is 0.364. The van der Waals surface area contributed by atoms with Gasteiger partial charge in [0.25, 0.3) is 0 Å². The Balaban J connectivity index is 1.41. The summed E-state index contributed by atoms with van der Waals surface area (Å²) < 4.78 is 1.86. The van der Waals surface area contributed by atoms with Crippen LogP contribution in [0.5, 0.6) is 0 Å². The second kappa shape index (κ2) is 7.92. The summed E-state index contributed by atoms with van der Waals surface area (Å²) in [6, 6.07) is 17.9. The Bertz CT molecular complexity index is 1000. The molecular weight excluding hydrogens is 352 g/mol. The fourth-order valence-electron chi connectivity index (χ4n) is 4.10. The van der Waals surface area contributed by atoms with Crippen molar-refractivity contribution in [1.29, 1.82) is 0 Å². The number of imidazole rings is 1. The van der Waals surface area contributed by atoms with Crippen LogP contribution in [0.1, 0.15) is 25.8 Å². The predicted octanol–water partition coefficient (Wildman–Crippen LogP) is 3.02. The van der Waals surface area contributed by atoms with E-state index in [1.54, 1.807) is 0 Å². The van der Waals surface area contributed by atoms with Crippen molar-refractivity contribution in [3.8, 4) is 0 Å². The average Bonchev–Trinajstić information content (AvgIpc) is 3.08. The molecule has 2 heterocycles. The third-order valence-electron chi connectivity index (χ3n) is 5.64. The number of rotatable bonds is 5. The van der Waals surface area contributed by atoms with E-state index >= 15 is 0 Å². The molecule has 1 aromatic heterocycles. The summed E-state index contributed by atoms with van der Waals surface area (Å²) in [7, 11) is 0. The van der Waals surface area contributed by atoms with Gasteiger partial charge < -0.3 is 14.8 Å². The van der Waals surface area contributed by atoms with Gasteiger partial charge in [0.15, 0.2) is 0 Å². The van der Waals surface area contributed by atoms with E-state index < -0.39 is 0 Å². The van der Waals surface area contributed by atoms with E-state index in [-0.39, 0.29) is 17.6 Å². The lowest BCUT2D eigenvalue weighted by Gasteiger charge is -2.34. The zero-order valence-corrected chi connectivity index (χ0v) is 16.2. The number of anilines is 1. The topological polar surface area (TPSA) is 61.3 Å². The molecule has 1 saturated heterocycles. The largest absolute Gasteiger partial charge is 0.362 e. The standard InChI is InChI=1S/C22H26N4O2/c1-2-24(17-8-4-3-5-9-17)16-21(27)25-14-12-18(13-15-25)26-20-11-7-6-10-19(20)23-22(26)28/h3-11,18H,2,12-16H2,1H3,(H,23,28). The lowest BCUT2D eigenvalue weighted by molar-refractivity contribution is -0.131. The SMILES string of the molecule is CCN(CC(=O)N1CCC(n2c(=O)[nH]c3ccccc32)CC1)c1ccccc1. The highest BCUT2D eigenvalue weighted by atomic mass is 16.2. The van der Waals surface area contributed by atoms with Crippen molar-refractivity contribution in [3.63, 3.8) is 0 Å². The van der Waals surface area contributed by atoms with E-state index in [4.69, 9.17) is 0 Å². The number of fused-ring (bicyclic) bond motifs is 1. The highest BCUT2D eigenvalue weighted by Crippen LogP contribution is 2.25. The molecule has 146 valence electrons. The smallest absolute Gasteiger partial charge is 0.326 e. The lowest BCUT2D eigenvalue weighted by atomic mass is 10.0. The minimum absolute atomic E-state index is 0.0628. The number of hydrogen-bond acceptors (Lipinski definition) is 3. The third-order valence-corrected chi connectivity index (χ3v) is 5.64. The van der Waals surface area contributed by atoms with Gasteiger partial charge in [-0.2, -0.15) is 0 Å². The van der Waals surface area contributed by atoms with Crippen LogP contribution in [-0.4, -0.2) is 46.5 Å². The molecular formula is C22H26N4O2. The quantitative estimate of drug-likeness (QED) is 0.742. The Kier molecular flexibility index (Phi) is 5.19. The van der Waals surface area contributed by atoms with Crippen molar-refractivity contribution in [3.05, 3.63) is 65.1 Å². The van der Waals surface area contributed by atoms with E-state index in [9.17, 15) is 9.59 Å². The molecule has 6 nitrogen and oxygen atoms in total. The van der Waals surface area contributed by atoms with Gasteiger partial charge in [-0.1, -0.05) is 30.3 Å². The van der Waals surface area contributed by atoms with Gasteiger partial charge in [0.1, 0.15) is 0 Å². The minimum atomic E-state index is -0.0628. The molecule has 0 radical (unpaired) electrons. The van der Waals surface area contributed by atoms with Crippen molar-refractivity contribution in [2.45, 2.75) is 25.8 Å². The number of piperidine rings is 1. The number of aromatic amines is 1. The number of aromatic nitrogens is 2. The number of carbonyl (C=O) groups is 1. The van der Waals surface area contributed by atoms with Crippen LogP contribution in [-0.2, 0) is 4.79 Å². The van der Waals surface area contributed by atoms with Crippen LogP contribution >= 0.6 is 0 Å². The van der Waals surface area contributed by atoms with Gasteiger partial charge >= 0.3 is 5.69 Å². The van der Waals surface area contributed by atoms with Gasteiger partial charge in [-0.25, -0.2) is 4.79 Å². The van der Waals surface area contributed by atoms with E-state index in [1.807, 2.05) is 64.1 Å². The maximum atomic E-state index is 12.8. The molecule has 1 fully saturated rings. The van der Waals surface area contributed by atoms with E-state index in [2.05, 4.69) is 16.8 Å². The molecule has 1 amide bonds. The number of likely N-dealkylation sites (tertiary alicyclic amines) is 1. The number of nitrogens with one attached hydrogen (secondary N) is 1. The van der Waals surface area contributed by atoms with Crippen LogP contribution in [0.4, 0.5) is 5.69 Å². The molecule has 1 aliphatic rings. The second-order valence-electron chi connectivity index (χ2n) is 7.28. The molecule has 0 bridgehead atoms. The van der Waals surface area contributed by atoms with Gasteiger partial charge in [-0.05, 0) is 44.0 Å². The first-order chi connectivity index (χ1) is 13.7. The number of para-hydroxylation sites is 3. The number of hydrogen-bond donors (Lipinski definition) is 1. The Morgan fingerprint density at radius 2 is 1.75 bits per heavy atom. The highest BCUT2D eigenvalue weighted by molar-refractivity contribution is 5.81. The van der Waals surface area contributed by atoms with E-state index in [0.29, 0.717) is 19.6 Å². The van der Waals surface area contributed by atoms with Crippen molar-refractivity contribution >= 4 is 22.6 Å². The Hall–Kier alpha value is -3.02. The zero-order valence-electron chi connectivity index (χ0n) is 16.2. The predicted molar refractivity (Wildman–Crippen MR) is 112 cm³/mol. The van der Waals surface area contributed by atoms with Crippen LogP contribution in [0.15, 0.2) is 59.4 Å². The number of nitrogens with zero attached hydrogens (tertiary/aromatic N) is 3. The van der Waals surface area contributed by atoms with Crippen LogP contribution in [0.25, 0.3) is 11.0 Å². The molecule has 6 heteroatoms. The molecule has 3 aromatic rings. The minimum Gasteiger partial charge on any atom is -0.362 e. The molecule has 28 heavy (non-hydrogen) atoms. The molecule has 0 unspecified atom stereocenters. The van der Waals surface area contributed by atoms with Crippen LogP contribution in [0.2, 0.25) is 0 Å². The number of likely N-dealkylation sites (N-methyl/N-ethyl adjacent to an activating group) is 1. The average molecular weight is 378 g/mol. The van der Waals surface area contributed by atoms with Gasteiger partial charge in [0.05, 0.1) is 17.6 Å². The summed E-state index contributed by atoms with van der Waals surface area (Å²) in [5, 5.41) is 0. The zero-order chi connectivity index (χ0) is 19.5. The van der Waals surface area contributed by atoms with Gasteiger partial charge in [0, 0.05) is 31.4 Å². The summed E-state index contributed by atoms with van der Waals surface area (Å²) in [5.74, 6) is 0.149. The first kappa shape index (κ1) is 18.3. The fourth-order valence-corrected chi connectivity index (χ4v) is 4.10. The van der Waals surface area contributed by atoms with Crippen LogP contribution in [0, 0.1) is 0 Å². The summed E-state index contributed by atoms with van der Waals surface area (Å²) in [6.07, 6.45) is 1.59. The normalized spacial score (nSPS) is 15.1. The van der Waals surface area contributed by atoms with E-state index in [1.165, 1.54) is 0 Å². The monoisotopic (exact) mass is 378 g/mol. The van der Waals surface area contributed by atoms with Crippen molar-refractivity contribution in [2.24, 2.45) is 0 Å². The first-order valence-corrected chi connectivity index (χ1v) is 9.94. The third kappa shape index (κ3) is 3.54. The molecule has 0 saturated carbocycles. The van der Waals surface area contributed by atoms with E-state index in [0.717, 1.165) is 36.1 Å².